The zero-order chi connectivity index (χ0) is 18.9. The average molecular weight is 359 g/mol. The fourth-order valence-corrected chi connectivity index (χ4v) is 2.32. The second-order valence-electron chi connectivity index (χ2n) is 6.09. The van der Waals surface area contributed by atoms with Crippen molar-refractivity contribution in [2.45, 2.75) is 19.4 Å². The first-order valence-electron chi connectivity index (χ1n) is 7.70. The van der Waals surface area contributed by atoms with Crippen molar-refractivity contribution in [1.82, 2.24) is 9.78 Å². The fourth-order valence-electron chi connectivity index (χ4n) is 2.32. The Balaban J connectivity index is 1.93. The van der Waals surface area contributed by atoms with E-state index in [0.717, 1.165) is 16.8 Å². The maximum absolute atomic E-state index is 13.3. The lowest BCUT2D eigenvalue weighted by atomic mass is 10.0. The van der Waals surface area contributed by atoms with Crippen molar-refractivity contribution in [3.63, 3.8) is 0 Å². The normalized spacial score (nSPS) is 11.4. The number of furan rings is 1. The average Bonchev–Trinajstić information content (AvgIpc) is 3.13. The summed E-state index contributed by atoms with van der Waals surface area (Å²) in [6, 6.07) is 9.10. The van der Waals surface area contributed by atoms with E-state index in [2.05, 4.69) is 10.4 Å². The fraction of sp³-hybridized carbons (Fsp3) is 0.167. The van der Waals surface area contributed by atoms with Gasteiger partial charge in [-0.3, -0.25) is 9.59 Å². The van der Waals surface area contributed by atoms with Crippen molar-refractivity contribution in [3.8, 4) is 11.5 Å². The number of carbonyl (C=O) groups is 1. The minimum Gasteiger partial charge on any atom is -0.463 e. The number of carbonyl (C=O) groups excluding carboxylic acids is 1. The van der Waals surface area contributed by atoms with E-state index in [9.17, 15) is 18.4 Å². The first-order chi connectivity index (χ1) is 12.3. The molecule has 2 heterocycles. The SMILES string of the molecule is CC(C)(C(=O)Nc1ccc(F)c(F)c1)n1nc(-c2ccco2)ccc1=O. The summed E-state index contributed by atoms with van der Waals surface area (Å²) in [6.07, 6.45) is 1.47. The molecule has 1 N–H and O–H groups in total. The molecule has 0 unspecified atom stereocenters. The Morgan fingerprint density at radius 1 is 1.15 bits per heavy atom. The van der Waals surface area contributed by atoms with E-state index in [4.69, 9.17) is 4.42 Å². The Bertz CT molecular complexity index is 1010. The Morgan fingerprint density at radius 2 is 1.92 bits per heavy atom. The molecule has 0 fully saturated rings. The van der Waals surface area contributed by atoms with E-state index >= 15 is 0 Å². The maximum Gasteiger partial charge on any atom is 0.267 e. The number of aromatic nitrogens is 2. The quantitative estimate of drug-likeness (QED) is 0.776. The van der Waals surface area contributed by atoms with Gasteiger partial charge in [-0.15, -0.1) is 0 Å². The van der Waals surface area contributed by atoms with Gasteiger partial charge in [0.1, 0.15) is 11.2 Å². The molecule has 3 rings (SSSR count). The Hall–Kier alpha value is -3.29. The highest BCUT2D eigenvalue weighted by atomic mass is 19.2. The summed E-state index contributed by atoms with van der Waals surface area (Å²) in [5.74, 6) is -2.28. The van der Waals surface area contributed by atoms with Gasteiger partial charge in [-0.2, -0.15) is 5.10 Å². The molecule has 0 bridgehead atoms. The summed E-state index contributed by atoms with van der Waals surface area (Å²) in [5.41, 5.74) is -1.45. The van der Waals surface area contributed by atoms with Crippen LogP contribution in [0.25, 0.3) is 11.5 Å². The van der Waals surface area contributed by atoms with Gasteiger partial charge in [0, 0.05) is 17.8 Å². The summed E-state index contributed by atoms with van der Waals surface area (Å²) in [4.78, 5) is 24.9. The number of amides is 1. The van der Waals surface area contributed by atoms with Gasteiger partial charge in [0.05, 0.1) is 6.26 Å². The number of nitrogens with one attached hydrogen (secondary N) is 1. The summed E-state index contributed by atoms with van der Waals surface area (Å²) < 4.78 is 32.6. The topological polar surface area (TPSA) is 77.1 Å². The molecule has 0 spiro atoms. The largest absolute Gasteiger partial charge is 0.463 e. The lowest BCUT2D eigenvalue weighted by Gasteiger charge is -2.25. The van der Waals surface area contributed by atoms with Crippen LogP contribution in [-0.2, 0) is 10.3 Å². The standard InChI is InChI=1S/C18H15F2N3O3/c1-18(2,17(25)21-11-5-6-12(19)13(20)10-11)23-16(24)8-7-14(22-23)15-4-3-9-26-15/h3-10H,1-2H3,(H,21,25). The molecule has 0 aliphatic heterocycles. The number of anilines is 1. The van der Waals surface area contributed by atoms with Crippen LogP contribution < -0.4 is 10.9 Å². The Morgan fingerprint density at radius 3 is 2.58 bits per heavy atom. The third-order valence-electron chi connectivity index (χ3n) is 3.84. The van der Waals surface area contributed by atoms with Crippen molar-refractivity contribution >= 4 is 11.6 Å². The molecule has 0 aliphatic rings. The van der Waals surface area contributed by atoms with Gasteiger partial charge in [-0.05, 0) is 44.2 Å². The minimum atomic E-state index is -1.40. The molecular weight excluding hydrogens is 344 g/mol. The minimum absolute atomic E-state index is 0.0669. The number of nitrogens with zero attached hydrogens (tertiary/aromatic N) is 2. The van der Waals surface area contributed by atoms with Crippen molar-refractivity contribution < 1.29 is 18.0 Å². The van der Waals surface area contributed by atoms with E-state index in [0.29, 0.717) is 11.5 Å². The van der Waals surface area contributed by atoms with Gasteiger partial charge in [-0.25, -0.2) is 13.5 Å². The molecule has 26 heavy (non-hydrogen) atoms. The summed E-state index contributed by atoms with van der Waals surface area (Å²) in [6.45, 7) is 2.98. The van der Waals surface area contributed by atoms with Gasteiger partial charge in [-0.1, -0.05) is 0 Å². The summed E-state index contributed by atoms with van der Waals surface area (Å²) in [7, 11) is 0. The van der Waals surface area contributed by atoms with Gasteiger partial charge in [0.25, 0.3) is 11.5 Å². The van der Waals surface area contributed by atoms with Crippen LogP contribution in [0.1, 0.15) is 13.8 Å². The van der Waals surface area contributed by atoms with Crippen LogP contribution in [0.3, 0.4) is 0 Å². The number of rotatable bonds is 4. The molecule has 6 nitrogen and oxygen atoms in total. The van der Waals surface area contributed by atoms with Gasteiger partial charge in [0.15, 0.2) is 17.4 Å². The molecule has 0 radical (unpaired) electrons. The molecule has 1 aromatic carbocycles. The second kappa shape index (κ2) is 6.55. The Kier molecular flexibility index (Phi) is 4.41. The summed E-state index contributed by atoms with van der Waals surface area (Å²) in [5, 5.41) is 6.66. The Labute approximate surface area is 147 Å². The predicted octanol–water partition coefficient (Wildman–Crippen LogP) is 3.16. The lowest BCUT2D eigenvalue weighted by Crippen LogP contribution is -2.47. The van der Waals surface area contributed by atoms with Crippen LogP contribution in [0.5, 0.6) is 0 Å². The number of hydrogen-bond donors (Lipinski definition) is 1. The van der Waals surface area contributed by atoms with Crippen LogP contribution in [-0.4, -0.2) is 15.7 Å². The molecule has 0 saturated heterocycles. The highest BCUT2D eigenvalue weighted by Crippen LogP contribution is 2.20. The van der Waals surface area contributed by atoms with Gasteiger partial charge < -0.3 is 9.73 Å². The maximum atomic E-state index is 13.3. The second-order valence-corrected chi connectivity index (χ2v) is 6.09. The monoisotopic (exact) mass is 359 g/mol. The number of hydrogen-bond acceptors (Lipinski definition) is 4. The molecule has 0 atom stereocenters. The third kappa shape index (κ3) is 3.26. The highest BCUT2D eigenvalue weighted by Gasteiger charge is 2.32. The first kappa shape index (κ1) is 17.5. The van der Waals surface area contributed by atoms with Crippen LogP contribution in [0.15, 0.2) is 57.9 Å². The zero-order valence-electron chi connectivity index (χ0n) is 14.0. The van der Waals surface area contributed by atoms with E-state index in [1.54, 1.807) is 12.1 Å². The predicted molar refractivity (Wildman–Crippen MR) is 90.5 cm³/mol. The smallest absolute Gasteiger partial charge is 0.267 e. The van der Waals surface area contributed by atoms with E-state index in [1.165, 1.54) is 38.3 Å². The molecule has 134 valence electrons. The molecule has 2 aromatic heterocycles. The van der Waals surface area contributed by atoms with Gasteiger partial charge in [0.2, 0.25) is 0 Å². The molecule has 1 amide bonds. The molecule has 0 aliphatic carbocycles. The first-order valence-corrected chi connectivity index (χ1v) is 7.70. The summed E-state index contributed by atoms with van der Waals surface area (Å²) >= 11 is 0. The van der Waals surface area contributed by atoms with Crippen molar-refractivity contribution in [1.29, 1.82) is 0 Å². The number of benzene rings is 1. The van der Waals surface area contributed by atoms with E-state index < -0.39 is 28.6 Å². The van der Waals surface area contributed by atoms with Crippen LogP contribution in [0.2, 0.25) is 0 Å². The highest BCUT2D eigenvalue weighted by molar-refractivity contribution is 5.96. The van der Waals surface area contributed by atoms with Crippen molar-refractivity contribution in [2.75, 3.05) is 5.32 Å². The van der Waals surface area contributed by atoms with Crippen molar-refractivity contribution in [2.24, 2.45) is 0 Å². The molecule has 3 aromatic rings. The van der Waals surface area contributed by atoms with Gasteiger partial charge >= 0.3 is 0 Å². The van der Waals surface area contributed by atoms with Crippen LogP contribution >= 0.6 is 0 Å². The van der Waals surface area contributed by atoms with E-state index in [-0.39, 0.29) is 5.69 Å². The van der Waals surface area contributed by atoms with Crippen LogP contribution in [0.4, 0.5) is 14.5 Å². The molecule has 8 heteroatoms. The van der Waals surface area contributed by atoms with Crippen molar-refractivity contribution in [3.05, 3.63) is 70.7 Å². The molecule has 0 saturated carbocycles. The van der Waals surface area contributed by atoms with E-state index in [1.807, 2.05) is 0 Å². The van der Waals surface area contributed by atoms with Crippen LogP contribution in [0, 0.1) is 11.6 Å². The third-order valence-corrected chi connectivity index (χ3v) is 3.84. The number of halogens is 2. The lowest BCUT2D eigenvalue weighted by molar-refractivity contribution is -0.123. The molecular formula is C18H15F2N3O3. The zero-order valence-corrected chi connectivity index (χ0v) is 14.0.